The Balaban J connectivity index is 3.07. The van der Waals surface area contributed by atoms with Crippen LogP contribution in [-0.2, 0) is 8.85 Å². The van der Waals surface area contributed by atoms with Gasteiger partial charge >= 0.3 is 9.28 Å². The average Bonchev–Trinajstić information content (AvgIpc) is 2.05. The zero-order chi connectivity index (χ0) is 8.53. The number of hydrogen-bond donors (Lipinski definition) is 1. The summed E-state index contributed by atoms with van der Waals surface area (Å²) in [5, 5.41) is 3.30. The van der Waals surface area contributed by atoms with Gasteiger partial charge in [0, 0.05) is 20.4 Å². The standard InChI is InChI=1S/C7H19NO2Si/c1-4-5-6-8-7-11(9-2)10-3/h8,11H,4-7H2,1-3H3. The molecule has 0 aliphatic heterocycles. The second kappa shape index (κ2) is 8.20. The lowest BCUT2D eigenvalue weighted by molar-refractivity contribution is 0.275. The zero-order valence-corrected chi connectivity index (χ0v) is 8.88. The Kier molecular flexibility index (Phi) is 8.27. The SMILES string of the molecule is CCCCNC[SiH](OC)OC. The third kappa shape index (κ3) is 6.49. The van der Waals surface area contributed by atoms with Crippen LogP contribution < -0.4 is 5.32 Å². The first-order valence-corrected chi connectivity index (χ1v) is 5.87. The van der Waals surface area contributed by atoms with E-state index >= 15 is 0 Å². The molecule has 0 unspecified atom stereocenters. The number of rotatable bonds is 7. The topological polar surface area (TPSA) is 30.5 Å². The largest absolute Gasteiger partial charge is 0.399 e. The van der Waals surface area contributed by atoms with Crippen LogP contribution in [0.25, 0.3) is 0 Å². The maximum atomic E-state index is 5.13. The Labute approximate surface area is 70.9 Å². The molecule has 0 aromatic rings. The summed E-state index contributed by atoms with van der Waals surface area (Å²) in [6.07, 6.45) is 3.38. The number of hydrogen-bond acceptors (Lipinski definition) is 3. The van der Waals surface area contributed by atoms with Crippen LogP contribution in [0.3, 0.4) is 0 Å². The van der Waals surface area contributed by atoms with Crippen molar-refractivity contribution < 1.29 is 8.85 Å². The van der Waals surface area contributed by atoms with Crippen LogP contribution in [-0.4, -0.2) is 36.2 Å². The van der Waals surface area contributed by atoms with E-state index in [0.29, 0.717) is 0 Å². The van der Waals surface area contributed by atoms with Crippen molar-refractivity contribution in [3.63, 3.8) is 0 Å². The van der Waals surface area contributed by atoms with Crippen molar-refractivity contribution in [2.24, 2.45) is 0 Å². The molecule has 0 rings (SSSR count). The van der Waals surface area contributed by atoms with Gasteiger partial charge in [0.1, 0.15) is 0 Å². The minimum atomic E-state index is -1.35. The van der Waals surface area contributed by atoms with Crippen LogP contribution in [0.5, 0.6) is 0 Å². The molecule has 0 aliphatic carbocycles. The Morgan fingerprint density at radius 1 is 1.27 bits per heavy atom. The van der Waals surface area contributed by atoms with E-state index in [-0.39, 0.29) is 0 Å². The van der Waals surface area contributed by atoms with Crippen LogP contribution in [0.4, 0.5) is 0 Å². The van der Waals surface area contributed by atoms with Crippen LogP contribution in [0, 0.1) is 0 Å². The highest BCUT2D eigenvalue weighted by molar-refractivity contribution is 6.44. The molecule has 0 aliphatic rings. The van der Waals surface area contributed by atoms with Gasteiger partial charge < -0.3 is 14.2 Å². The van der Waals surface area contributed by atoms with Gasteiger partial charge in [-0.25, -0.2) is 0 Å². The van der Waals surface area contributed by atoms with Crippen molar-refractivity contribution >= 4 is 9.28 Å². The first-order chi connectivity index (χ1) is 5.35. The van der Waals surface area contributed by atoms with Crippen LogP contribution in [0.2, 0.25) is 0 Å². The van der Waals surface area contributed by atoms with Gasteiger partial charge in [-0.2, -0.15) is 0 Å². The fourth-order valence-corrected chi connectivity index (χ4v) is 1.75. The number of unbranched alkanes of at least 4 members (excludes halogenated alkanes) is 1. The van der Waals surface area contributed by atoms with Crippen molar-refractivity contribution in [3.05, 3.63) is 0 Å². The Morgan fingerprint density at radius 3 is 2.36 bits per heavy atom. The summed E-state index contributed by atoms with van der Waals surface area (Å²) in [6, 6.07) is 0. The predicted molar refractivity (Wildman–Crippen MR) is 48.9 cm³/mol. The maximum Gasteiger partial charge on any atom is 0.335 e. The Morgan fingerprint density at radius 2 is 1.91 bits per heavy atom. The molecule has 11 heavy (non-hydrogen) atoms. The first kappa shape index (κ1) is 11.1. The monoisotopic (exact) mass is 177 g/mol. The van der Waals surface area contributed by atoms with Crippen LogP contribution in [0.1, 0.15) is 19.8 Å². The van der Waals surface area contributed by atoms with Gasteiger partial charge in [0.15, 0.2) is 0 Å². The third-order valence-electron chi connectivity index (χ3n) is 1.54. The summed E-state index contributed by atoms with van der Waals surface area (Å²) in [5.74, 6) is 0. The minimum Gasteiger partial charge on any atom is -0.399 e. The molecular formula is C7H19NO2Si. The van der Waals surface area contributed by atoms with Crippen LogP contribution >= 0.6 is 0 Å². The second-order valence-corrected chi connectivity index (χ2v) is 4.67. The molecule has 1 N–H and O–H groups in total. The Bertz CT molecular complexity index is 78.8. The summed E-state index contributed by atoms with van der Waals surface area (Å²) >= 11 is 0. The molecule has 68 valence electrons. The minimum absolute atomic E-state index is 0.910. The highest BCUT2D eigenvalue weighted by Gasteiger charge is 2.06. The van der Waals surface area contributed by atoms with Gasteiger partial charge in [-0.05, 0) is 13.0 Å². The lowest BCUT2D eigenvalue weighted by Gasteiger charge is -2.10. The van der Waals surface area contributed by atoms with Gasteiger partial charge in [0.2, 0.25) is 0 Å². The molecule has 0 atom stereocenters. The molecular weight excluding hydrogens is 158 g/mol. The molecule has 3 nitrogen and oxygen atoms in total. The lowest BCUT2D eigenvalue weighted by Crippen LogP contribution is -2.34. The molecule has 0 heterocycles. The third-order valence-corrected chi connectivity index (χ3v) is 3.22. The van der Waals surface area contributed by atoms with Gasteiger partial charge in [-0.3, -0.25) is 0 Å². The summed E-state index contributed by atoms with van der Waals surface area (Å²) in [7, 11) is 2.07. The van der Waals surface area contributed by atoms with Crippen molar-refractivity contribution in [3.8, 4) is 0 Å². The summed E-state index contributed by atoms with van der Waals surface area (Å²) in [6.45, 7) is 3.26. The molecule has 0 bridgehead atoms. The molecule has 0 fully saturated rings. The number of nitrogens with one attached hydrogen (secondary N) is 1. The summed E-state index contributed by atoms with van der Waals surface area (Å²) in [4.78, 5) is 0. The van der Waals surface area contributed by atoms with E-state index in [1.54, 1.807) is 14.2 Å². The van der Waals surface area contributed by atoms with Gasteiger partial charge in [0.05, 0.1) is 0 Å². The van der Waals surface area contributed by atoms with Crippen molar-refractivity contribution in [2.75, 3.05) is 26.9 Å². The van der Waals surface area contributed by atoms with Crippen molar-refractivity contribution in [1.29, 1.82) is 0 Å². The molecule has 0 spiro atoms. The smallest absolute Gasteiger partial charge is 0.335 e. The molecule has 0 amide bonds. The molecule has 4 heteroatoms. The molecule has 0 saturated heterocycles. The summed E-state index contributed by atoms with van der Waals surface area (Å²) < 4.78 is 10.3. The molecule has 0 saturated carbocycles. The van der Waals surface area contributed by atoms with Gasteiger partial charge in [-0.15, -0.1) is 0 Å². The second-order valence-electron chi connectivity index (χ2n) is 2.46. The van der Waals surface area contributed by atoms with Crippen molar-refractivity contribution in [1.82, 2.24) is 5.32 Å². The van der Waals surface area contributed by atoms with Gasteiger partial charge in [0.25, 0.3) is 0 Å². The average molecular weight is 177 g/mol. The quantitative estimate of drug-likeness (QED) is 0.452. The predicted octanol–water partition coefficient (Wildman–Crippen LogP) is 0.429. The van der Waals surface area contributed by atoms with E-state index in [4.69, 9.17) is 8.85 Å². The van der Waals surface area contributed by atoms with E-state index in [0.717, 1.165) is 12.7 Å². The highest BCUT2D eigenvalue weighted by Crippen LogP contribution is 1.84. The lowest BCUT2D eigenvalue weighted by atomic mass is 10.3. The van der Waals surface area contributed by atoms with E-state index in [2.05, 4.69) is 12.2 Å². The van der Waals surface area contributed by atoms with E-state index in [1.165, 1.54) is 12.8 Å². The zero-order valence-electron chi connectivity index (χ0n) is 7.72. The van der Waals surface area contributed by atoms with Crippen LogP contribution in [0.15, 0.2) is 0 Å². The molecule has 0 aromatic heterocycles. The maximum absolute atomic E-state index is 5.13. The normalized spacial score (nSPS) is 10.9. The fourth-order valence-electron chi connectivity index (χ4n) is 0.785. The molecule has 0 aromatic carbocycles. The van der Waals surface area contributed by atoms with E-state index < -0.39 is 9.28 Å². The fraction of sp³-hybridized carbons (Fsp3) is 1.00. The Hall–Kier alpha value is 0.0969. The highest BCUT2D eigenvalue weighted by atomic mass is 28.3. The van der Waals surface area contributed by atoms with E-state index in [1.807, 2.05) is 0 Å². The first-order valence-electron chi connectivity index (χ1n) is 4.11. The van der Waals surface area contributed by atoms with Gasteiger partial charge in [-0.1, -0.05) is 13.3 Å². The molecule has 0 radical (unpaired) electrons. The summed E-state index contributed by atoms with van der Waals surface area (Å²) in [5.41, 5.74) is 0. The van der Waals surface area contributed by atoms with E-state index in [9.17, 15) is 0 Å². The van der Waals surface area contributed by atoms with Crippen molar-refractivity contribution in [2.45, 2.75) is 19.8 Å².